The van der Waals surface area contributed by atoms with Gasteiger partial charge in [-0.05, 0) is 31.0 Å². The summed E-state index contributed by atoms with van der Waals surface area (Å²) in [4.78, 5) is 27.9. The van der Waals surface area contributed by atoms with E-state index in [2.05, 4.69) is 19.1 Å². The minimum absolute atomic E-state index is 0.0456. The highest BCUT2D eigenvalue weighted by Crippen LogP contribution is 2.26. The summed E-state index contributed by atoms with van der Waals surface area (Å²) in [5.74, 6) is 0.714. The highest BCUT2D eigenvalue weighted by atomic mass is 16.1. The highest BCUT2D eigenvalue weighted by molar-refractivity contribution is 6.04. The van der Waals surface area contributed by atoms with E-state index >= 15 is 0 Å². The molecular weight excluding hydrogens is 362 g/mol. The van der Waals surface area contributed by atoms with Crippen LogP contribution in [0, 0.1) is 6.92 Å². The smallest absolute Gasteiger partial charge is 0.265 e. The van der Waals surface area contributed by atoms with E-state index < -0.39 is 0 Å². The maximum atomic E-state index is 13.4. The highest BCUT2D eigenvalue weighted by Gasteiger charge is 2.21. The maximum absolute atomic E-state index is 13.4. The fourth-order valence-corrected chi connectivity index (χ4v) is 3.90. The first-order valence-corrected chi connectivity index (χ1v) is 9.87. The second-order valence-electron chi connectivity index (χ2n) is 7.27. The van der Waals surface area contributed by atoms with Crippen molar-refractivity contribution in [1.29, 1.82) is 0 Å². The molecule has 0 N–H and O–H groups in total. The van der Waals surface area contributed by atoms with Crippen LogP contribution in [0.2, 0.25) is 0 Å². The van der Waals surface area contributed by atoms with E-state index in [-0.39, 0.29) is 5.56 Å². The second-order valence-corrected chi connectivity index (χ2v) is 7.27. The molecule has 0 unspecified atom stereocenters. The first-order chi connectivity index (χ1) is 14.2. The van der Waals surface area contributed by atoms with Crippen LogP contribution in [0.3, 0.4) is 0 Å². The van der Waals surface area contributed by atoms with E-state index in [0.717, 1.165) is 23.0 Å². The lowest BCUT2D eigenvalue weighted by molar-refractivity contribution is 0.623. The molecule has 144 valence electrons. The second kappa shape index (κ2) is 6.81. The van der Waals surface area contributed by atoms with Gasteiger partial charge in [-0.25, -0.2) is 15.0 Å². The molecule has 0 atom stereocenters. The molecule has 29 heavy (non-hydrogen) atoms. The summed E-state index contributed by atoms with van der Waals surface area (Å²) in [5, 5.41) is 0.549. The fourth-order valence-electron chi connectivity index (χ4n) is 3.90. The van der Waals surface area contributed by atoms with Crippen molar-refractivity contribution >= 4 is 33.2 Å². The standard InChI is InChI=1S/C23H21N5O/c1-3-13-27-15(2)24-21-19(23(27)29)20-22(26-18-12-8-7-11-17(18)25-20)28(21)14-16-9-5-4-6-10-16/h4-12H,3,13-14H2,1-2H3. The number of hydrogen-bond acceptors (Lipinski definition) is 4. The van der Waals surface area contributed by atoms with Crippen molar-refractivity contribution in [3.63, 3.8) is 0 Å². The molecule has 0 aliphatic heterocycles. The van der Waals surface area contributed by atoms with Crippen molar-refractivity contribution in [1.82, 2.24) is 24.1 Å². The van der Waals surface area contributed by atoms with E-state index in [9.17, 15) is 4.79 Å². The van der Waals surface area contributed by atoms with Crippen LogP contribution in [0.5, 0.6) is 0 Å². The molecule has 0 aliphatic rings. The number of aryl methyl sites for hydroxylation is 1. The molecule has 2 aromatic carbocycles. The van der Waals surface area contributed by atoms with E-state index in [1.54, 1.807) is 4.57 Å². The number of para-hydroxylation sites is 2. The summed E-state index contributed by atoms with van der Waals surface area (Å²) in [6.07, 6.45) is 0.866. The average Bonchev–Trinajstić information content (AvgIpc) is 3.02. The summed E-state index contributed by atoms with van der Waals surface area (Å²) in [6.45, 7) is 5.16. The van der Waals surface area contributed by atoms with Gasteiger partial charge >= 0.3 is 0 Å². The van der Waals surface area contributed by atoms with Crippen molar-refractivity contribution < 1.29 is 0 Å². The zero-order valence-electron chi connectivity index (χ0n) is 16.5. The third-order valence-corrected chi connectivity index (χ3v) is 5.27. The van der Waals surface area contributed by atoms with Crippen molar-refractivity contribution in [3.8, 4) is 0 Å². The van der Waals surface area contributed by atoms with Crippen LogP contribution in [-0.4, -0.2) is 24.1 Å². The molecule has 3 heterocycles. The van der Waals surface area contributed by atoms with Gasteiger partial charge in [-0.3, -0.25) is 9.36 Å². The molecule has 0 amide bonds. The maximum Gasteiger partial charge on any atom is 0.265 e. The Labute approximate surface area is 167 Å². The van der Waals surface area contributed by atoms with Crippen LogP contribution >= 0.6 is 0 Å². The predicted molar refractivity (Wildman–Crippen MR) is 115 cm³/mol. The van der Waals surface area contributed by atoms with Gasteiger partial charge in [0.25, 0.3) is 5.56 Å². The van der Waals surface area contributed by atoms with Crippen LogP contribution in [0.4, 0.5) is 0 Å². The molecule has 0 bridgehead atoms. The van der Waals surface area contributed by atoms with Crippen LogP contribution in [0.15, 0.2) is 59.4 Å². The van der Waals surface area contributed by atoms with Crippen LogP contribution < -0.4 is 5.56 Å². The molecule has 0 saturated heterocycles. The van der Waals surface area contributed by atoms with Crippen LogP contribution in [-0.2, 0) is 13.1 Å². The molecule has 5 rings (SSSR count). The Balaban J connectivity index is 1.91. The van der Waals surface area contributed by atoms with Gasteiger partial charge in [-0.15, -0.1) is 0 Å². The van der Waals surface area contributed by atoms with E-state index in [1.165, 1.54) is 0 Å². The number of fused-ring (bicyclic) bond motifs is 4. The van der Waals surface area contributed by atoms with Crippen molar-refractivity contribution in [2.75, 3.05) is 0 Å². The van der Waals surface area contributed by atoms with Gasteiger partial charge in [0.1, 0.15) is 16.7 Å². The van der Waals surface area contributed by atoms with Crippen molar-refractivity contribution in [3.05, 3.63) is 76.3 Å². The fraction of sp³-hybridized carbons (Fsp3) is 0.217. The summed E-state index contributed by atoms with van der Waals surface area (Å²) < 4.78 is 3.76. The number of hydrogen-bond donors (Lipinski definition) is 0. The van der Waals surface area contributed by atoms with Crippen molar-refractivity contribution in [2.45, 2.75) is 33.4 Å². The molecular formula is C23H21N5O. The topological polar surface area (TPSA) is 65.6 Å². The zero-order chi connectivity index (χ0) is 20.0. The van der Waals surface area contributed by atoms with Crippen LogP contribution in [0.25, 0.3) is 33.2 Å². The van der Waals surface area contributed by atoms with Crippen molar-refractivity contribution in [2.24, 2.45) is 0 Å². The third-order valence-electron chi connectivity index (χ3n) is 5.27. The Morgan fingerprint density at radius 1 is 0.828 bits per heavy atom. The molecule has 0 fully saturated rings. The van der Waals surface area contributed by atoms with E-state index in [1.807, 2.05) is 54.0 Å². The summed E-state index contributed by atoms with van der Waals surface area (Å²) in [7, 11) is 0. The molecule has 0 spiro atoms. The van der Waals surface area contributed by atoms with Gasteiger partial charge in [-0.2, -0.15) is 0 Å². The number of benzene rings is 2. The molecule has 6 heteroatoms. The molecule has 5 aromatic rings. The Bertz CT molecular complexity index is 1420. The monoisotopic (exact) mass is 383 g/mol. The lowest BCUT2D eigenvalue weighted by Crippen LogP contribution is -2.24. The first-order valence-electron chi connectivity index (χ1n) is 9.87. The number of rotatable bonds is 4. The Morgan fingerprint density at radius 2 is 1.52 bits per heavy atom. The third kappa shape index (κ3) is 2.79. The molecule has 0 saturated carbocycles. The average molecular weight is 383 g/mol. The molecule has 6 nitrogen and oxygen atoms in total. The molecule has 0 radical (unpaired) electrons. The Morgan fingerprint density at radius 3 is 2.24 bits per heavy atom. The van der Waals surface area contributed by atoms with Gasteiger partial charge in [-0.1, -0.05) is 49.4 Å². The Kier molecular flexibility index (Phi) is 4.12. The van der Waals surface area contributed by atoms with Gasteiger partial charge in [0.05, 0.1) is 17.6 Å². The number of aromatic nitrogens is 5. The summed E-state index contributed by atoms with van der Waals surface area (Å²) in [6, 6.07) is 17.9. The Hall–Kier alpha value is -3.54. The van der Waals surface area contributed by atoms with Gasteiger partial charge in [0.15, 0.2) is 11.3 Å². The predicted octanol–water partition coefficient (Wildman–Crippen LogP) is 4.06. The largest absolute Gasteiger partial charge is 0.304 e. The zero-order valence-corrected chi connectivity index (χ0v) is 16.5. The number of nitrogens with zero attached hydrogens (tertiary/aromatic N) is 5. The molecule has 0 aliphatic carbocycles. The summed E-state index contributed by atoms with van der Waals surface area (Å²) >= 11 is 0. The lowest BCUT2D eigenvalue weighted by atomic mass is 10.2. The van der Waals surface area contributed by atoms with E-state index in [4.69, 9.17) is 15.0 Å². The minimum Gasteiger partial charge on any atom is -0.304 e. The van der Waals surface area contributed by atoms with Gasteiger partial charge in [0.2, 0.25) is 0 Å². The normalized spacial score (nSPS) is 11.7. The van der Waals surface area contributed by atoms with Gasteiger partial charge < -0.3 is 4.57 Å². The van der Waals surface area contributed by atoms with Gasteiger partial charge in [0, 0.05) is 6.54 Å². The van der Waals surface area contributed by atoms with Crippen LogP contribution in [0.1, 0.15) is 24.7 Å². The minimum atomic E-state index is -0.0456. The SMILES string of the molecule is CCCn1c(C)nc2c(c1=O)c1nc3ccccc3nc1n2Cc1ccccc1. The van der Waals surface area contributed by atoms with E-state index in [0.29, 0.717) is 41.1 Å². The first kappa shape index (κ1) is 17.6. The lowest BCUT2D eigenvalue weighted by Gasteiger charge is -2.10. The quantitative estimate of drug-likeness (QED) is 0.469. The summed E-state index contributed by atoms with van der Waals surface area (Å²) in [5.41, 5.74) is 4.63. The molecule has 3 aromatic heterocycles.